The lowest BCUT2D eigenvalue weighted by Gasteiger charge is -2.00. The highest BCUT2D eigenvalue weighted by molar-refractivity contribution is 5.90. The first-order chi connectivity index (χ1) is 6.74. The lowest BCUT2D eigenvalue weighted by atomic mass is 10.2. The summed E-state index contributed by atoms with van der Waals surface area (Å²) >= 11 is 0. The largest absolute Gasteiger partial charge is 0.463 e. The fourth-order valence-electron chi connectivity index (χ4n) is 0.928. The van der Waals surface area contributed by atoms with Crippen molar-refractivity contribution in [2.75, 3.05) is 6.61 Å². The summed E-state index contributed by atoms with van der Waals surface area (Å²) in [5.41, 5.74) is 6.71. The maximum atomic E-state index is 11.0. The summed E-state index contributed by atoms with van der Waals surface area (Å²) in [4.78, 5) is 14.9. The number of hydrogen-bond acceptors (Lipinski definition) is 4. The van der Waals surface area contributed by atoms with Gasteiger partial charge in [-0.2, -0.15) is 0 Å². The van der Waals surface area contributed by atoms with E-state index in [0.29, 0.717) is 17.9 Å². The third kappa shape index (κ3) is 2.90. The lowest BCUT2D eigenvalue weighted by Crippen LogP contribution is -2.05. The minimum atomic E-state index is -0.436. The fraction of sp³-hybridized carbons (Fsp3) is 0.200. The Morgan fingerprint density at radius 2 is 2.50 bits per heavy atom. The maximum Gasteiger partial charge on any atom is 0.332 e. The van der Waals surface area contributed by atoms with Crippen molar-refractivity contribution in [1.82, 2.24) is 4.98 Å². The Morgan fingerprint density at radius 1 is 1.71 bits per heavy atom. The highest BCUT2D eigenvalue weighted by Gasteiger charge is 2.00. The number of nitrogens with zero attached hydrogens (tertiary/aromatic N) is 1. The summed E-state index contributed by atoms with van der Waals surface area (Å²) in [7, 11) is 0. The summed E-state index contributed by atoms with van der Waals surface area (Å²) in [5.74, 6) is -0.436. The molecule has 0 atom stereocenters. The van der Waals surface area contributed by atoms with Crippen molar-refractivity contribution in [1.29, 1.82) is 0 Å². The van der Waals surface area contributed by atoms with E-state index in [1.807, 2.05) is 0 Å². The van der Waals surface area contributed by atoms with Crippen LogP contribution in [-0.2, 0) is 9.53 Å². The second kappa shape index (κ2) is 5.01. The van der Waals surface area contributed by atoms with Gasteiger partial charge in [0, 0.05) is 29.7 Å². The molecular formula is C10H12N2O2. The van der Waals surface area contributed by atoms with Crippen LogP contribution in [-0.4, -0.2) is 17.6 Å². The molecule has 0 unspecified atom stereocenters. The number of aromatic nitrogens is 1. The predicted molar refractivity (Wildman–Crippen MR) is 53.0 cm³/mol. The Morgan fingerprint density at radius 3 is 3.07 bits per heavy atom. The van der Waals surface area contributed by atoms with E-state index in [2.05, 4.69) is 4.98 Å². The molecule has 0 saturated carbocycles. The average Bonchev–Trinajstić information content (AvgIpc) is 2.19. The third-order valence-corrected chi connectivity index (χ3v) is 1.55. The molecule has 0 aliphatic heterocycles. The molecule has 0 fully saturated rings. The van der Waals surface area contributed by atoms with Crippen molar-refractivity contribution in [3.05, 3.63) is 36.2 Å². The van der Waals surface area contributed by atoms with E-state index >= 15 is 0 Å². The number of ether oxygens (including phenoxy) is 1. The molecule has 1 heterocycles. The van der Waals surface area contributed by atoms with E-state index in [4.69, 9.17) is 10.5 Å². The van der Waals surface area contributed by atoms with Crippen LogP contribution >= 0.6 is 0 Å². The molecule has 1 aromatic heterocycles. The van der Waals surface area contributed by atoms with Crippen molar-refractivity contribution in [2.24, 2.45) is 5.73 Å². The van der Waals surface area contributed by atoms with Crippen LogP contribution in [0, 0.1) is 0 Å². The molecule has 0 aliphatic carbocycles. The zero-order chi connectivity index (χ0) is 10.4. The van der Waals surface area contributed by atoms with Crippen molar-refractivity contribution in [3.63, 3.8) is 0 Å². The molecule has 14 heavy (non-hydrogen) atoms. The van der Waals surface area contributed by atoms with E-state index in [0.717, 1.165) is 0 Å². The van der Waals surface area contributed by atoms with Crippen LogP contribution in [0.3, 0.4) is 0 Å². The number of carbonyl (C=O) groups excluding carboxylic acids is 1. The minimum absolute atomic E-state index is 0.343. The standard InChI is InChI=1S/C10H12N2O2/c1-2-14-10(13)6-9(11)8-4-3-5-12-7-8/h3-7H,2,11H2,1H3. The Kier molecular flexibility index (Phi) is 3.67. The van der Waals surface area contributed by atoms with Gasteiger partial charge in [0.1, 0.15) is 0 Å². The van der Waals surface area contributed by atoms with Gasteiger partial charge in [-0.15, -0.1) is 0 Å². The first-order valence-electron chi connectivity index (χ1n) is 4.28. The smallest absolute Gasteiger partial charge is 0.332 e. The first kappa shape index (κ1) is 10.2. The number of pyridine rings is 1. The first-order valence-corrected chi connectivity index (χ1v) is 4.28. The fourth-order valence-corrected chi connectivity index (χ4v) is 0.928. The summed E-state index contributed by atoms with van der Waals surface area (Å²) in [5, 5.41) is 0. The number of nitrogens with two attached hydrogens (primary N) is 1. The molecule has 4 nitrogen and oxygen atoms in total. The molecule has 0 radical (unpaired) electrons. The average molecular weight is 192 g/mol. The van der Waals surface area contributed by atoms with Gasteiger partial charge in [0.05, 0.1) is 6.61 Å². The zero-order valence-corrected chi connectivity index (χ0v) is 7.93. The highest BCUT2D eigenvalue weighted by Crippen LogP contribution is 2.05. The third-order valence-electron chi connectivity index (χ3n) is 1.55. The van der Waals surface area contributed by atoms with Crippen LogP contribution in [0.1, 0.15) is 12.5 Å². The molecule has 0 saturated heterocycles. The SMILES string of the molecule is CCOC(=O)C=C(N)c1cccnc1. The lowest BCUT2D eigenvalue weighted by molar-refractivity contribution is -0.137. The molecule has 0 bridgehead atoms. The second-order valence-electron chi connectivity index (χ2n) is 2.59. The zero-order valence-electron chi connectivity index (χ0n) is 7.93. The van der Waals surface area contributed by atoms with Gasteiger partial charge in [0.2, 0.25) is 0 Å². The summed E-state index contributed by atoms with van der Waals surface area (Å²) in [6, 6.07) is 3.53. The monoisotopic (exact) mass is 192 g/mol. The normalized spacial score (nSPS) is 11.1. The number of carbonyl (C=O) groups is 1. The Labute approximate surface area is 82.4 Å². The quantitative estimate of drug-likeness (QED) is 0.572. The van der Waals surface area contributed by atoms with E-state index in [-0.39, 0.29) is 0 Å². The minimum Gasteiger partial charge on any atom is -0.463 e. The summed E-state index contributed by atoms with van der Waals surface area (Å²) in [6.45, 7) is 2.08. The molecule has 1 rings (SSSR count). The molecule has 2 N–H and O–H groups in total. The van der Waals surface area contributed by atoms with Crippen molar-refractivity contribution < 1.29 is 9.53 Å². The number of hydrogen-bond donors (Lipinski definition) is 1. The van der Waals surface area contributed by atoms with E-state index in [1.54, 1.807) is 31.5 Å². The molecule has 74 valence electrons. The Hall–Kier alpha value is -1.84. The maximum absolute atomic E-state index is 11.0. The van der Waals surface area contributed by atoms with Crippen LogP contribution in [0.25, 0.3) is 5.70 Å². The van der Waals surface area contributed by atoms with Crippen LogP contribution < -0.4 is 5.73 Å². The van der Waals surface area contributed by atoms with Gasteiger partial charge in [-0.25, -0.2) is 4.79 Å². The summed E-state index contributed by atoms with van der Waals surface area (Å²) in [6.07, 6.45) is 4.48. The van der Waals surface area contributed by atoms with Gasteiger partial charge < -0.3 is 10.5 Å². The number of rotatable bonds is 3. The van der Waals surface area contributed by atoms with Crippen LogP contribution in [0.2, 0.25) is 0 Å². The van der Waals surface area contributed by atoms with Gasteiger partial charge in [-0.05, 0) is 19.1 Å². The molecular weight excluding hydrogens is 180 g/mol. The highest BCUT2D eigenvalue weighted by atomic mass is 16.5. The van der Waals surface area contributed by atoms with Crippen molar-refractivity contribution >= 4 is 11.7 Å². The molecule has 0 amide bonds. The summed E-state index contributed by atoms with van der Waals surface area (Å²) < 4.78 is 4.72. The number of esters is 1. The molecule has 0 aliphatic rings. The Bertz CT molecular complexity index is 333. The van der Waals surface area contributed by atoms with Crippen LogP contribution in [0.5, 0.6) is 0 Å². The van der Waals surface area contributed by atoms with E-state index < -0.39 is 5.97 Å². The topological polar surface area (TPSA) is 65.2 Å². The van der Waals surface area contributed by atoms with E-state index in [1.165, 1.54) is 6.08 Å². The van der Waals surface area contributed by atoms with Gasteiger partial charge in [0.25, 0.3) is 0 Å². The van der Waals surface area contributed by atoms with Gasteiger partial charge in [0.15, 0.2) is 0 Å². The van der Waals surface area contributed by atoms with Gasteiger partial charge >= 0.3 is 5.97 Å². The molecule has 4 heteroatoms. The van der Waals surface area contributed by atoms with Crippen molar-refractivity contribution in [2.45, 2.75) is 6.92 Å². The molecule has 0 aromatic carbocycles. The molecule has 1 aromatic rings. The van der Waals surface area contributed by atoms with Crippen LogP contribution in [0.4, 0.5) is 0 Å². The Balaban J connectivity index is 2.75. The second-order valence-corrected chi connectivity index (χ2v) is 2.59. The van der Waals surface area contributed by atoms with Crippen LogP contribution in [0.15, 0.2) is 30.6 Å². The predicted octanol–water partition coefficient (Wildman–Crippen LogP) is 0.944. The van der Waals surface area contributed by atoms with Gasteiger partial charge in [-0.1, -0.05) is 0 Å². The van der Waals surface area contributed by atoms with Crippen molar-refractivity contribution in [3.8, 4) is 0 Å². The van der Waals surface area contributed by atoms with Gasteiger partial charge in [-0.3, -0.25) is 4.98 Å². The van der Waals surface area contributed by atoms with E-state index in [9.17, 15) is 4.79 Å². The molecule has 0 spiro atoms.